The van der Waals surface area contributed by atoms with Crippen molar-refractivity contribution in [1.29, 1.82) is 0 Å². The molecule has 0 saturated heterocycles. The Kier molecular flexibility index (Phi) is 210. The molecule has 0 aliphatic rings. The van der Waals surface area contributed by atoms with Gasteiger partial charge in [0.15, 0.2) is 0 Å². The largest absolute Gasteiger partial charge is 0.412 e. The van der Waals surface area contributed by atoms with Crippen molar-refractivity contribution in [1.82, 2.24) is 0 Å². The van der Waals surface area contributed by atoms with E-state index in [1.807, 2.05) is 0 Å². The van der Waals surface area contributed by atoms with Crippen LogP contribution < -0.4 is 0 Å². The second-order valence-corrected chi connectivity index (χ2v) is 0. The van der Waals surface area contributed by atoms with Gasteiger partial charge in [-0.15, -0.1) is 0 Å². The summed E-state index contributed by atoms with van der Waals surface area (Å²) in [5, 5.41) is 0. The van der Waals surface area contributed by atoms with Crippen LogP contribution in [0.1, 0.15) is 0 Å². The SMILES string of the molecule is O.[Mo].[Ni].[Ti]. The smallest absolute Gasteiger partial charge is 0 e. The van der Waals surface area contributed by atoms with Crippen LogP contribution in [-0.4, -0.2) is 5.48 Å². The molecule has 0 spiro atoms. The van der Waals surface area contributed by atoms with Crippen molar-refractivity contribution in [2.45, 2.75) is 0 Å². The maximum Gasteiger partial charge on any atom is 0 e. The molecule has 0 aromatic rings. The van der Waals surface area contributed by atoms with Gasteiger partial charge in [0.2, 0.25) is 0 Å². The van der Waals surface area contributed by atoms with Gasteiger partial charge < -0.3 is 5.48 Å². The molecule has 0 fully saturated rings. The van der Waals surface area contributed by atoms with Crippen LogP contribution in [0.2, 0.25) is 0 Å². The molecule has 28 valence electrons. The van der Waals surface area contributed by atoms with Crippen LogP contribution in [0.4, 0.5) is 0 Å². The molecule has 0 aromatic heterocycles. The Morgan fingerprint density at radius 1 is 1.00 bits per heavy atom. The van der Waals surface area contributed by atoms with Crippen LogP contribution in [-0.2, 0) is 59.3 Å². The molecular formula is H2MoNiOTi. The molecule has 2 N–H and O–H groups in total. The Bertz CT molecular complexity index is 8.00. The minimum absolute atomic E-state index is 0. The summed E-state index contributed by atoms with van der Waals surface area (Å²) in [5.74, 6) is 0. The molecule has 0 amide bonds. The van der Waals surface area contributed by atoms with Crippen LogP contribution in [0.3, 0.4) is 0 Å². The molecule has 0 bridgehead atoms. The van der Waals surface area contributed by atoms with Crippen molar-refractivity contribution < 1.29 is 64.8 Å². The molecule has 0 saturated carbocycles. The van der Waals surface area contributed by atoms with Crippen molar-refractivity contribution in [3.8, 4) is 0 Å². The van der Waals surface area contributed by atoms with Gasteiger partial charge in [0.1, 0.15) is 0 Å². The van der Waals surface area contributed by atoms with Gasteiger partial charge in [-0.2, -0.15) is 0 Å². The number of hydrogen-bond donors (Lipinski definition) is 0. The molecule has 1 nitrogen and oxygen atoms in total. The fourth-order valence-electron chi connectivity index (χ4n) is 0. The van der Waals surface area contributed by atoms with Gasteiger partial charge >= 0.3 is 0 Å². The van der Waals surface area contributed by atoms with Crippen molar-refractivity contribution in [2.24, 2.45) is 0 Å². The Balaban J connectivity index is 0. The monoisotopic (exact) mass is 222 g/mol. The standard InChI is InChI=1S/Mo.Ni.H2O.Ti/h;;1H2;. The van der Waals surface area contributed by atoms with Crippen LogP contribution in [0.5, 0.6) is 0 Å². The van der Waals surface area contributed by atoms with Gasteiger partial charge in [0.25, 0.3) is 0 Å². The molecule has 0 rings (SSSR count). The topological polar surface area (TPSA) is 31.5 Å². The molecule has 4 heavy (non-hydrogen) atoms. The van der Waals surface area contributed by atoms with E-state index in [4.69, 9.17) is 0 Å². The van der Waals surface area contributed by atoms with Crippen molar-refractivity contribution >= 4 is 0 Å². The van der Waals surface area contributed by atoms with E-state index in [0.717, 1.165) is 0 Å². The van der Waals surface area contributed by atoms with Crippen LogP contribution >= 0.6 is 0 Å². The zero-order chi connectivity index (χ0) is 0. The molecular weight excluding hydrogens is 218 g/mol. The quantitative estimate of drug-likeness (QED) is 0.477. The first-order chi connectivity index (χ1) is 0. The number of rotatable bonds is 0. The van der Waals surface area contributed by atoms with E-state index in [0.29, 0.717) is 0 Å². The summed E-state index contributed by atoms with van der Waals surface area (Å²) in [6.45, 7) is 0. The van der Waals surface area contributed by atoms with Crippen molar-refractivity contribution in [2.75, 3.05) is 0 Å². The minimum Gasteiger partial charge on any atom is -0.412 e. The zero-order valence-corrected chi connectivity index (χ0v) is 6.28. The van der Waals surface area contributed by atoms with E-state index in [-0.39, 0.29) is 64.8 Å². The molecule has 0 atom stereocenters. The van der Waals surface area contributed by atoms with Gasteiger partial charge in [-0.1, -0.05) is 0 Å². The van der Waals surface area contributed by atoms with Gasteiger partial charge in [-0.25, -0.2) is 0 Å². The summed E-state index contributed by atoms with van der Waals surface area (Å²) in [7, 11) is 0. The maximum absolute atomic E-state index is 0. The fourth-order valence-corrected chi connectivity index (χ4v) is 0. The maximum atomic E-state index is 0. The predicted molar refractivity (Wildman–Crippen MR) is 3.61 cm³/mol. The summed E-state index contributed by atoms with van der Waals surface area (Å²) >= 11 is 0. The number of hydrogen-bond acceptors (Lipinski definition) is 0. The minimum atomic E-state index is 0. The third kappa shape index (κ3) is 9.13. The van der Waals surface area contributed by atoms with Crippen LogP contribution in [0.25, 0.3) is 0 Å². The Labute approximate surface area is 64.3 Å². The summed E-state index contributed by atoms with van der Waals surface area (Å²) < 4.78 is 0. The Hall–Kier alpha value is 1.86. The summed E-state index contributed by atoms with van der Waals surface area (Å²) in [4.78, 5) is 0. The van der Waals surface area contributed by atoms with Crippen molar-refractivity contribution in [3.63, 3.8) is 0 Å². The van der Waals surface area contributed by atoms with Crippen molar-refractivity contribution in [3.05, 3.63) is 0 Å². The second-order valence-electron chi connectivity index (χ2n) is 0. The van der Waals surface area contributed by atoms with E-state index in [9.17, 15) is 0 Å². The molecule has 0 unspecified atom stereocenters. The summed E-state index contributed by atoms with van der Waals surface area (Å²) in [6.07, 6.45) is 0. The third-order valence-corrected chi connectivity index (χ3v) is 0. The first kappa shape index (κ1) is 40.1. The van der Waals surface area contributed by atoms with Crippen LogP contribution in [0.15, 0.2) is 0 Å². The molecule has 0 heterocycles. The molecule has 0 radical (unpaired) electrons. The molecule has 4 heteroatoms. The van der Waals surface area contributed by atoms with E-state index < -0.39 is 0 Å². The molecule has 0 aliphatic heterocycles. The Morgan fingerprint density at radius 2 is 1.00 bits per heavy atom. The first-order valence-electron chi connectivity index (χ1n) is 0. The van der Waals surface area contributed by atoms with E-state index in [2.05, 4.69) is 0 Å². The van der Waals surface area contributed by atoms with Crippen LogP contribution in [0, 0.1) is 0 Å². The Morgan fingerprint density at radius 3 is 1.00 bits per heavy atom. The summed E-state index contributed by atoms with van der Waals surface area (Å²) in [5.41, 5.74) is 0. The molecule has 0 aliphatic carbocycles. The summed E-state index contributed by atoms with van der Waals surface area (Å²) in [6, 6.07) is 0. The normalized spacial score (nSPS) is 0. The predicted octanol–water partition coefficient (Wildman–Crippen LogP) is -0.832. The zero-order valence-electron chi connectivity index (χ0n) is 1.72. The van der Waals surface area contributed by atoms with Gasteiger partial charge in [0.05, 0.1) is 0 Å². The fraction of sp³-hybridized carbons (Fsp3) is 0. The van der Waals surface area contributed by atoms with Gasteiger partial charge in [0, 0.05) is 59.3 Å². The van der Waals surface area contributed by atoms with E-state index in [1.54, 1.807) is 0 Å². The second kappa shape index (κ2) is 21.0. The molecule has 0 aromatic carbocycles. The average molecular weight is 221 g/mol. The average Bonchev–Trinajstić information content (AvgIpc) is 0. The van der Waals surface area contributed by atoms with E-state index in [1.165, 1.54) is 0 Å². The first-order valence-corrected chi connectivity index (χ1v) is 0. The van der Waals surface area contributed by atoms with Gasteiger partial charge in [-0.3, -0.25) is 0 Å². The third-order valence-electron chi connectivity index (χ3n) is 0. The van der Waals surface area contributed by atoms with E-state index >= 15 is 0 Å². The van der Waals surface area contributed by atoms with Gasteiger partial charge in [-0.05, 0) is 0 Å².